The van der Waals surface area contributed by atoms with Crippen LogP contribution in [0.2, 0.25) is 0 Å². The number of unbranched alkanes of at least 4 members (excludes halogenated alkanes) is 21. The minimum absolute atomic E-state index is 0.00896. The zero-order valence-corrected chi connectivity index (χ0v) is 26.9. The van der Waals surface area contributed by atoms with Crippen molar-refractivity contribution in [2.75, 3.05) is 0 Å². The molecule has 1 atom stereocenters. The van der Waals surface area contributed by atoms with Gasteiger partial charge in [0, 0.05) is 12.4 Å². The standard InChI is InChI=1S/C36H68O4/c1-3-5-7-9-10-11-12-13-14-15-16-17-22-25-29-33-36(39)40-34(30-26-8-6-4-2)31-27-23-20-18-19-21-24-28-32-35(37)38/h13-14,34H,3-12,15-33H2,1-2H3,(H,37,38)/p-1/b14-13-. The summed E-state index contributed by atoms with van der Waals surface area (Å²) in [7, 11) is 0. The second kappa shape index (κ2) is 32.2. The summed E-state index contributed by atoms with van der Waals surface area (Å²) in [4.78, 5) is 23.0. The van der Waals surface area contributed by atoms with Crippen molar-refractivity contribution in [3.8, 4) is 0 Å². The van der Waals surface area contributed by atoms with E-state index in [1.165, 1.54) is 116 Å². The highest BCUT2D eigenvalue weighted by molar-refractivity contribution is 5.69. The summed E-state index contributed by atoms with van der Waals surface area (Å²) < 4.78 is 5.94. The fraction of sp³-hybridized carbons (Fsp3) is 0.889. The number of hydrogen-bond donors (Lipinski definition) is 0. The van der Waals surface area contributed by atoms with Crippen LogP contribution in [0, 0.1) is 0 Å². The summed E-state index contributed by atoms with van der Waals surface area (Å²) in [5, 5.41) is 10.4. The zero-order valence-electron chi connectivity index (χ0n) is 26.9. The first-order chi connectivity index (χ1) is 19.6. The molecule has 0 aliphatic carbocycles. The number of carbonyl (C=O) groups is 2. The topological polar surface area (TPSA) is 66.4 Å². The number of rotatable bonds is 32. The molecular weight excluding hydrogens is 496 g/mol. The van der Waals surface area contributed by atoms with Crippen molar-refractivity contribution < 1.29 is 19.4 Å². The molecule has 0 aliphatic rings. The highest BCUT2D eigenvalue weighted by Crippen LogP contribution is 2.18. The molecule has 40 heavy (non-hydrogen) atoms. The quantitative estimate of drug-likeness (QED) is 0.0464. The van der Waals surface area contributed by atoms with Crippen LogP contribution in [0.15, 0.2) is 12.2 Å². The summed E-state index contributed by atoms with van der Waals surface area (Å²) in [6, 6.07) is 0. The first-order valence-corrected chi connectivity index (χ1v) is 17.6. The monoisotopic (exact) mass is 564 g/mol. The first-order valence-electron chi connectivity index (χ1n) is 17.6. The first kappa shape index (κ1) is 38.7. The minimum atomic E-state index is -0.933. The zero-order chi connectivity index (χ0) is 29.4. The third-order valence-corrected chi connectivity index (χ3v) is 7.98. The molecule has 0 saturated heterocycles. The predicted molar refractivity (Wildman–Crippen MR) is 169 cm³/mol. The summed E-state index contributed by atoms with van der Waals surface area (Å²) >= 11 is 0. The van der Waals surface area contributed by atoms with E-state index in [0.29, 0.717) is 6.42 Å². The fourth-order valence-electron chi connectivity index (χ4n) is 5.35. The summed E-state index contributed by atoms with van der Waals surface area (Å²) in [5.74, 6) is -0.924. The molecule has 0 aromatic heterocycles. The van der Waals surface area contributed by atoms with E-state index < -0.39 is 5.97 Å². The highest BCUT2D eigenvalue weighted by atomic mass is 16.5. The lowest BCUT2D eigenvalue weighted by Crippen LogP contribution is -2.21. The number of carboxylic acids is 1. The Hall–Kier alpha value is -1.32. The molecule has 4 nitrogen and oxygen atoms in total. The largest absolute Gasteiger partial charge is 0.550 e. The van der Waals surface area contributed by atoms with Crippen molar-refractivity contribution in [1.29, 1.82) is 0 Å². The van der Waals surface area contributed by atoms with Gasteiger partial charge in [-0.2, -0.15) is 0 Å². The normalized spacial score (nSPS) is 12.2. The number of aliphatic carboxylic acids is 1. The molecule has 0 rings (SSSR count). The van der Waals surface area contributed by atoms with Gasteiger partial charge in [-0.15, -0.1) is 0 Å². The van der Waals surface area contributed by atoms with Crippen molar-refractivity contribution in [3.63, 3.8) is 0 Å². The highest BCUT2D eigenvalue weighted by Gasteiger charge is 2.14. The molecule has 1 unspecified atom stereocenters. The average Bonchev–Trinajstić information content (AvgIpc) is 2.93. The van der Waals surface area contributed by atoms with Crippen molar-refractivity contribution in [1.82, 2.24) is 0 Å². The molecule has 0 amide bonds. The van der Waals surface area contributed by atoms with Crippen molar-refractivity contribution in [3.05, 3.63) is 12.2 Å². The van der Waals surface area contributed by atoms with E-state index in [1.807, 2.05) is 0 Å². The van der Waals surface area contributed by atoms with Crippen LogP contribution < -0.4 is 5.11 Å². The second-order valence-electron chi connectivity index (χ2n) is 12.0. The molecule has 236 valence electrons. The Bertz CT molecular complexity index is 571. The van der Waals surface area contributed by atoms with E-state index >= 15 is 0 Å². The number of hydrogen-bond acceptors (Lipinski definition) is 4. The van der Waals surface area contributed by atoms with E-state index in [0.717, 1.165) is 57.8 Å². The molecule has 0 aromatic rings. The van der Waals surface area contributed by atoms with Crippen LogP contribution in [0.4, 0.5) is 0 Å². The van der Waals surface area contributed by atoms with Gasteiger partial charge in [0.2, 0.25) is 0 Å². The maximum absolute atomic E-state index is 12.5. The van der Waals surface area contributed by atoms with Crippen LogP contribution in [0.25, 0.3) is 0 Å². The van der Waals surface area contributed by atoms with Gasteiger partial charge in [-0.1, -0.05) is 135 Å². The summed E-state index contributed by atoms with van der Waals surface area (Å²) in [5.41, 5.74) is 0. The molecular formula is C36H67O4-. The van der Waals surface area contributed by atoms with Gasteiger partial charge in [0.1, 0.15) is 6.10 Å². The third-order valence-electron chi connectivity index (χ3n) is 7.98. The molecule has 0 fully saturated rings. The SMILES string of the molecule is CCCCCCCC/C=C\CCCCCCCC(=O)OC(CCCCCC)CCCCCCCCCCC(=O)[O-]. The lowest BCUT2D eigenvalue weighted by Gasteiger charge is -2.18. The van der Waals surface area contributed by atoms with Gasteiger partial charge in [0.15, 0.2) is 0 Å². The molecule has 0 spiro atoms. The van der Waals surface area contributed by atoms with Crippen LogP contribution in [0.5, 0.6) is 0 Å². The Morgan fingerprint density at radius 3 is 1.38 bits per heavy atom. The number of carboxylic acid groups (broad SMARTS) is 1. The van der Waals surface area contributed by atoms with E-state index in [2.05, 4.69) is 26.0 Å². The van der Waals surface area contributed by atoms with Gasteiger partial charge in [-0.3, -0.25) is 4.79 Å². The van der Waals surface area contributed by atoms with Gasteiger partial charge >= 0.3 is 5.97 Å². The van der Waals surface area contributed by atoms with Gasteiger partial charge in [-0.25, -0.2) is 0 Å². The number of allylic oxidation sites excluding steroid dienone is 2. The number of carbonyl (C=O) groups excluding carboxylic acids is 2. The van der Waals surface area contributed by atoms with Crippen LogP contribution in [0.3, 0.4) is 0 Å². The molecule has 4 heteroatoms. The number of ether oxygens (including phenoxy) is 1. The molecule has 0 aliphatic heterocycles. The lowest BCUT2D eigenvalue weighted by molar-refractivity contribution is -0.305. The Labute approximate surface area is 249 Å². The van der Waals surface area contributed by atoms with E-state index in [9.17, 15) is 14.7 Å². The maximum Gasteiger partial charge on any atom is 0.306 e. The Morgan fingerprint density at radius 1 is 0.525 bits per heavy atom. The Morgan fingerprint density at radius 2 is 0.900 bits per heavy atom. The molecule has 0 saturated carbocycles. The molecule has 0 bridgehead atoms. The smallest absolute Gasteiger partial charge is 0.306 e. The van der Waals surface area contributed by atoms with Crippen molar-refractivity contribution >= 4 is 11.9 Å². The molecule has 0 radical (unpaired) electrons. The van der Waals surface area contributed by atoms with Gasteiger partial charge < -0.3 is 14.6 Å². The van der Waals surface area contributed by atoms with Gasteiger partial charge in [0.25, 0.3) is 0 Å². The van der Waals surface area contributed by atoms with Crippen molar-refractivity contribution in [2.45, 2.75) is 206 Å². The summed E-state index contributed by atoms with van der Waals surface area (Å²) in [6.45, 7) is 4.50. The minimum Gasteiger partial charge on any atom is -0.550 e. The van der Waals surface area contributed by atoms with E-state index in [-0.39, 0.29) is 18.5 Å². The van der Waals surface area contributed by atoms with Gasteiger partial charge in [0.05, 0.1) is 0 Å². The summed E-state index contributed by atoms with van der Waals surface area (Å²) in [6.07, 6.45) is 37.7. The van der Waals surface area contributed by atoms with Crippen LogP contribution >= 0.6 is 0 Å². The van der Waals surface area contributed by atoms with Crippen molar-refractivity contribution in [2.24, 2.45) is 0 Å². The van der Waals surface area contributed by atoms with Crippen LogP contribution in [-0.4, -0.2) is 18.0 Å². The Balaban J connectivity index is 3.83. The number of esters is 1. The molecule has 0 aromatic carbocycles. The third kappa shape index (κ3) is 31.2. The van der Waals surface area contributed by atoms with Crippen LogP contribution in [0.1, 0.15) is 200 Å². The van der Waals surface area contributed by atoms with Crippen LogP contribution in [-0.2, 0) is 14.3 Å². The maximum atomic E-state index is 12.5. The van der Waals surface area contributed by atoms with E-state index in [4.69, 9.17) is 4.74 Å². The predicted octanol–water partition coefficient (Wildman–Crippen LogP) is 10.6. The average molecular weight is 564 g/mol. The van der Waals surface area contributed by atoms with E-state index in [1.54, 1.807) is 0 Å². The van der Waals surface area contributed by atoms with Gasteiger partial charge in [-0.05, 0) is 70.6 Å². The second-order valence-corrected chi connectivity index (χ2v) is 12.0. The lowest BCUT2D eigenvalue weighted by atomic mass is 10.0. The fourth-order valence-corrected chi connectivity index (χ4v) is 5.35. The Kier molecular flexibility index (Phi) is 31.1. The molecule has 0 heterocycles. The molecule has 0 N–H and O–H groups in total.